The zero-order valence-corrected chi connectivity index (χ0v) is 12.3. The zero-order chi connectivity index (χ0) is 13.1. The average Bonchev–Trinajstić information content (AvgIpc) is 2.83. The minimum atomic E-state index is 0.892. The van der Waals surface area contributed by atoms with E-state index in [0.717, 1.165) is 30.9 Å². The Balaban J connectivity index is 1.84. The molecule has 0 unspecified atom stereocenters. The van der Waals surface area contributed by atoms with Crippen LogP contribution in [0.2, 0.25) is 0 Å². The second-order valence-electron chi connectivity index (χ2n) is 4.56. The molecule has 2 aromatic heterocycles. The van der Waals surface area contributed by atoms with Crippen LogP contribution in [0.25, 0.3) is 0 Å². The van der Waals surface area contributed by atoms with E-state index in [-0.39, 0.29) is 0 Å². The summed E-state index contributed by atoms with van der Waals surface area (Å²) in [6.07, 6.45) is 1.05. The Kier molecular flexibility index (Phi) is 4.14. The molecule has 0 bridgehead atoms. The molecule has 0 radical (unpaired) electrons. The van der Waals surface area contributed by atoms with Crippen molar-refractivity contribution in [3.8, 4) is 0 Å². The van der Waals surface area contributed by atoms with Gasteiger partial charge < -0.3 is 5.32 Å². The maximum absolute atomic E-state index is 4.42. The van der Waals surface area contributed by atoms with Crippen LogP contribution in [0.5, 0.6) is 0 Å². The minimum absolute atomic E-state index is 0.892. The van der Waals surface area contributed by atoms with Crippen molar-refractivity contribution in [2.24, 2.45) is 7.05 Å². The van der Waals surface area contributed by atoms with Crippen molar-refractivity contribution in [1.82, 2.24) is 20.1 Å². The molecule has 5 heteroatoms. The summed E-state index contributed by atoms with van der Waals surface area (Å²) in [5.41, 5.74) is 6.76. The summed E-state index contributed by atoms with van der Waals surface area (Å²) in [6, 6.07) is 0. The lowest BCUT2D eigenvalue weighted by Gasteiger charge is -2.05. The molecule has 98 valence electrons. The fourth-order valence-corrected chi connectivity index (χ4v) is 2.84. The Morgan fingerprint density at radius 2 is 2.06 bits per heavy atom. The van der Waals surface area contributed by atoms with Gasteiger partial charge in [-0.05, 0) is 27.2 Å². The maximum atomic E-state index is 4.42. The minimum Gasteiger partial charge on any atom is -0.312 e. The summed E-state index contributed by atoms with van der Waals surface area (Å²) in [4.78, 5) is 5.64. The van der Waals surface area contributed by atoms with Crippen molar-refractivity contribution in [2.75, 3.05) is 6.54 Å². The molecule has 0 atom stereocenters. The second kappa shape index (κ2) is 5.63. The monoisotopic (exact) mass is 264 g/mol. The molecule has 0 amide bonds. The van der Waals surface area contributed by atoms with Crippen LogP contribution in [-0.4, -0.2) is 21.3 Å². The van der Waals surface area contributed by atoms with Gasteiger partial charge in [0.05, 0.1) is 16.9 Å². The first-order chi connectivity index (χ1) is 8.59. The molecular formula is C13H20N4S. The van der Waals surface area contributed by atoms with Gasteiger partial charge in [0.1, 0.15) is 0 Å². The zero-order valence-electron chi connectivity index (χ0n) is 11.4. The normalized spacial score (nSPS) is 11.1. The number of aromatic nitrogens is 3. The quantitative estimate of drug-likeness (QED) is 0.841. The number of rotatable bonds is 5. The van der Waals surface area contributed by atoms with Crippen molar-refractivity contribution in [2.45, 2.75) is 33.7 Å². The molecule has 2 rings (SSSR count). The van der Waals surface area contributed by atoms with E-state index in [2.05, 4.69) is 36.2 Å². The van der Waals surface area contributed by atoms with E-state index < -0.39 is 0 Å². The van der Waals surface area contributed by atoms with Crippen LogP contribution in [0.3, 0.4) is 0 Å². The molecule has 1 N–H and O–H groups in total. The maximum Gasteiger partial charge on any atom is 0.0797 e. The lowest BCUT2D eigenvalue weighted by atomic mass is 10.2. The van der Waals surface area contributed by atoms with Crippen molar-refractivity contribution in [3.05, 3.63) is 33.0 Å². The van der Waals surface area contributed by atoms with Crippen LogP contribution < -0.4 is 5.32 Å². The first-order valence-electron chi connectivity index (χ1n) is 6.18. The molecule has 0 aliphatic rings. The number of hydrogen-bond acceptors (Lipinski definition) is 4. The van der Waals surface area contributed by atoms with E-state index in [1.165, 1.54) is 16.1 Å². The summed E-state index contributed by atoms with van der Waals surface area (Å²) in [6.45, 7) is 8.13. The summed E-state index contributed by atoms with van der Waals surface area (Å²) < 4.78 is 1.94. The van der Waals surface area contributed by atoms with Crippen LogP contribution in [-0.2, 0) is 20.0 Å². The number of aryl methyl sites for hydroxylation is 3. The van der Waals surface area contributed by atoms with Crippen molar-refractivity contribution >= 4 is 11.3 Å². The third-order valence-corrected chi connectivity index (χ3v) is 4.33. The summed E-state index contributed by atoms with van der Waals surface area (Å²) in [5.74, 6) is 0. The fourth-order valence-electron chi connectivity index (χ4n) is 2.05. The van der Waals surface area contributed by atoms with Crippen LogP contribution >= 0.6 is 11.3 Å². The van der Waals surface area contributed by atoms with Crippen LogP contribution in [0.4, 0.5) is 0 Å². The van der Waals surface area contributed by atoms with E-state index >= 15 is 0 Å². The van der Waals surface area contributed by atoms with E-state index in [0.29, 0.717) is 0 Å². The van der Waals surface area contributed by atoms with Crippen LogP contribution in [0.1, 0.15) is 27.5 Å². The van der Waals surface area contributed by atoms with Gasteiger partial charge in [0.25, 0.3) is 0 Å². The number of nitrogens with zero attached hydrogens (tertiary/aromatic N) is 3. The Bertz CT molecular complexity index is 527. The van der Waals surface area contributed by atoms with E-state index in [1.807, 2.05) is 17.2 Å². The number of thiazole rings is 1. The molecule has 0 aliphatic heterocycles. The predicted octanol–water partition coefficient (Wildman–Crippen LogP) is 2.13. The Morgan fingerprint density at radius 1 is 1.28 bits per heavy atom. The smallest absolute Gasteiger partial charge is 0.0797 e. The first-order valence-corrected chi connectivity index (χ1v) is 7.06. The van der Waals surface area contributed by atoms with Crippen LogP contribution in [0.15, 0.2) is 5.51 Å². The molecular weight excluding hydrogens is 244 g/mol. The highest BCUT2D eigenvalue weighted by atomic mass is 32.1. The summed E-state index contributed by atoms with van der Waals surface area (Å²) in [5, 5.41) is 7.91. The number of nitrogens with one attached hydrogen (secondary N) is 1. The van der Waals surface area contributed by atoms with E-state index in [1.54, 1.807) is 11.3 Å². The molecule has 4 nitrogen and oxygen atoms in total. The summed E-state index contributed by atoms with van der Waals surface area (Å²) in [7, 11) is 1.99. The van der Waals surface area contributed by atoms with Crippen molar-refractivity contribution in [3.63, 3.8) is 0 Å². The van der Waals surface area contributed by atoms with Crippen LogP contribution in [0, 0.1) is 20.8 Å². The van der Waals surface area contributed by atoms with E-state index in [4.69, 9.17) is 0 Å². The lowest BCUT2D eigenvalue weighted by molar-refractivity contribution is 0.680. The number of hydrogen-bond donors (Lipinski definition) is 1. The van der Waals surface area contributed by atoms with Gasteiger partial charge in [-0.2, -0.15) is 5.10 Å². The highest BCUT2D eigenvalue weighted by Crippen LogP contribution is 2.13. The Hall–Kier alpha value is -1.20. The molecule has 0 fully saturated rings. The van der Waals surface area contributed by atoms with Gasteiger partial charge in [0.2, 0.25) is 0 Å². The average molecular weight is 264 g/mol. The topological polar surface area (TPSA) is 42.7 Å². The Labute approximate surface area is 112 Å². The fraction of sp³-hybridized carbons (Fsp3) is 0.538. The molecule has 0 aliphatic carbocycles. The van der Waals surface area contributed by atoms with Gasteiger partial charge in [-0.3, -0.25) is 4.68 Å². The molecule has 18 heavy (non-hydrogen) atoms. The third-order valence-electron chi connectivity index (χ3n) is 3.33. The highest BCUT2D eigenvalue weighted by Gasteiger charge is 2.08. The van der Waals surface area contributed by atoms with Gasteiger partial charge in [-0.15, -0.1) is 11.3 Å². The van der Waals surface area contributed by atoms with Crippen molar-refractivity contribution < 1.29 is 0 Å². The largest absolute Gasteiger partial charge is 0.312 e. The van der Waals surface area contributed by atoms with Gasteiger partial charge in [0.15, 0.2) is 0 Å². The Morgan fingerprint density at radius 3 is 2.61 bits per heavy atom. The van der Waals surface area contributed by atoms with Gasteiger partial charge in [-0.25, -0.2) is 4.98 Å². The molecule has 0 saturated heterocycles. The predicted molar refractivity (Wildman–Crippen MR) is 74.9 cm³/mol. The molecule has 0 spiro atoms. The second-order valence-corrected chi connectivity index (χ2v) is 5.50. The molecule has 0 saturated carbocycles. The SMILES string of the molecule is Cc1ncsc1CCNCc1c(C)nn(C)c1C. The lowest BCUT2D eigenvalue weighted by Crippen LogP contribution is -2.17. The molecule has 0 aromatic carbocycles. The van der Waals surface area contributed by atoms with E-state index in [9.17, 15) is 0 Å². The van der Waals surface area contributed by atoms with Crippen molar-refractivity contribution in [1.29, 1.82) is 0 Å². The highest BCUT2D eigenvalue weighted by molar-refractivity contribution is 7.09. The third kappa shape index (κ3) is 2.79. The molecule has 2 aromatic rings. The van der Waals surface area contributed by atoms with Gasteiger partial charge >= 0.3 is 0 Å². The summed E-state index contributed by atoms with van der Waals surface area (Å²) >= 11 is 1.74. The van der Waals surface area contributed by atoms with Gasteiger partial charge in [0, 0.05) is 36.3 Å². The van der Waals surface area contributed by atoms with Gasteiger partial charge in [-0.1, -0.05) is 0 Å². The molecule has 2 heterocycles. The first kappa shape index (κ1) is 13.2. The standard InChI is InChI=1S/C13H20N4S/c1-9-12(11(3)17(4)16-9)7-14-6-5-13-10(2)15-8-18-13/h8,14H,5-7H2,1-4H3.